The van der Waals surface area contributed by atoms with Gasteiger partial charge >= 0.3 is 5.97 Å². The number of aryl methyl sites for hydroxylation is 3. The van der Waals surface area contributed by atoms with Gasteiger partial charge in [0.2, 0.25) is 0 Å². The Hall–Kier alpha value is -4.19. The number of hydrogen-bond acceptors (Lipinski definition) is 4. The molecule has 0 fully saturated rings. The summed E-state index contributed by atoms with van der Waals surface area (Å²) < 4.78 is 8.17. The molecule has 0 radical (unpaired) electrons. The maximum Gasteiger partial charge on any atom is 0.335 e. The van der Waals surface area contributed by atoms with Crippen LogP contribution < -0.4 is 4.74 Å². The lowest BCUT2D eigenvalue weighted by Gasteiger charge is -2.20. The number of carbonyl (C=O) groups is 2. The van der Waals surface area contributed by atoms with Crippen molar-refractivity contribution >= 4 is 28.2 Å². The summed E-state index contributed by atoms with van der Waals surface area (Å²) in [4.78, 5) is 24.9. The van der Waals surface area contributed by atoms with E-state index in [0.717, 1.165) is 51.6 Å². The SMILES string of the molecule is Cc1cc2c(c(C(C)CCCc3ccccc3C(=O)O)c1)OCC(c1ccc3c(cnn3C)c1)=CC2=O. The molecule has 2 heterocycles. The molecule has 1 aliphatic heterocycles. The van der Waals surface area contributed by atoms with Gasteiger partial charge in [-0.2, -0.15) is 5.10 Å². The molecule has 1 atom stereocenters. The van der Waals surface area contributed by atoms with Crippen LogP contribution in [0.1, 0.15) is 68.7 Å². The fraction of sp³-hybridized carbons (Fsp3) is 0.258. The maximum absolute atomic E-state index is 13.4. The number of ketones is 1. The molecule has 0 saturated carbocycles. The predicted molar refractivity (Wildman–Crippen MR) is 144 cm³/mol. The highest BCUT2D eigenvalue weighted by atomic mass is 16.5. The van der Waals surface area contributed by atoms with Crippen molar-refractivity contribution in [2.45, 2.75) is 39.0 Å². The molecule has 0 aliphatic carbocycles. The number of carboxylic acids is 1. The number of carboxylic acid groups (broad SMARTS) is 1. The third-order valence-electron chi connectivity index (χ3n) is 7.18. The fourth-order valence-corrected chi connectivity index (χ4v) is 5.17. The molecule has 6 heteroatoms. The van der Waals surface area contributed by atoms with E-state index in [1.165, 1.54) is 0 Å². The van der Waals surface area contributed by atoms with E-state index in [9.17, 15) is 14.7 Å². The largest absolute Gasteiger partial charge is 0.488 e. The molecule has 5 rings (SSSR count). The third-order valence-corrected chi connectivity index (χ3v) is 7.18. The van der Waals surface area contributed by atoms with Crippen LogP contribution in [0.2, 0.25) is 0 Å². The Morgan fingerprint density at radius 2 is 1.97 bits per heavy atom. The summed E-state index contributed by atoms with van der Waals surface area (Å²) in [7, 11) is 1.91. The molecule has 0 saturated heterocycles. The highest BCUT2D eigenvalue weighted by Gasteiger charge is 2.24. The minimum Gasteiger partial charge on any atom is -0.488 e. The van der Waals surface area contributed by atoms with E-state index in [2.05, 4.69) is 18.1 Å². The van der Waals surface area contributed by atoms with E-state index >= 15 is 0 Å². The Kier molecular flexibility index (Phi) is 6.66. The van der Waals surface area contributed by atoms with Crippen LogP contribution >= 0.6 is 0 Å². The Morgan fingerprint density at radius 1 is 1.16 bits per heavy atom. The number of ether oxygens (including phenoxy) is 1. The summed E-state index contributed by atoms with van der Waals surface area (Å²) >= 11 is 0. The van der Waals surface area contributed by atoms with Gasteiger partial charge in [-0.3, -0.25) is 9.48 Å². The van der Waals surface area contributed by atoms with Crippen LogP contribution in [0.4, 0.5) is 0 Å². The first kappa shape index (κ1) is 24.5. The molecule has 1 aliphatic rings. The molecule has 0 spiro atoms. The fourth-order valence-electron chi connectivity index (χ4n) is 5.17. The van der Waals surface area contributed by atoms with Crippen LogP contribution in [0.3, 0.4) is 0 Å². The quantitative estimate of drug-likeness (QED) is 0.323. The number of benzene rings is 3. The van der Waals surface area contributed by atoms with Crippen LogP contribution in [0.15, 0.2) is 66.9 Å². The van der Waals surface area contributed by atoms with Crippen molar-refractivity contribution < 1.29 is 19.4 Å². The van der Waals surface area contributed by atoms with Crippen molar-refractivity contribution in [1.82, 2.24) is 9.78 Å². The second kappa shape index (κ2) is 10.1. The van der Waals surface area contributed by atoms with Crippen LogP contribution in [0, 0.1) is 6.92 Å². The Morgan fingerprint density at radius 3 is 2.78 bits per heavy atom. The summed E-state index contributed by atoms with van der Waals surface area (Å²) in [6, 6.07) is 17.2. The molecule has 0 amide bonds. The minimum absolute atomic E-state index is 0.0543. The van der Waals surface area contributed by atoms with Crippen LogP contribution in [-0.4, -0.2) is 33.2 Å². The minimum atomic E-state index is -0.898. The lowest BCUT2D eigenvalue weighted by molar-refractivity contribution is 0.0695. The Labute approximate surface area is 216 Å². The summed E-state index contributed by atoms with van der Waals surface area (Å²) in [5, 5.41) is 14.8. The number of aromatic carboxylic acids is 1. The van der Waals surface area contributed by atoms with E-state index in [1.807, 2.05) is 61.2 Å². The number of hydrogen-bond donors (Lipinski definition) is 1. The van der Waals surface area contributed by atoms with Crippen molar-refractivity contribution in [3.8, 4) is 5.75 Å². The van der Waals surface area contributed by atoms with Crippen molar-refractivity contribution in [2.24, 2.45) is 7.05 Å². The molecular formula is C31H30N2O4. The molecule has 1 unspecified atom stereocenters. The lowest BCUT2D eigenvalue weighted by Crippen LogP contribution is -2.07. The van der Waals surface area contributed by atoms with Gasteiger partial charge in [0.05, 0.1) is 22.8 Å². The van der Waals surface area contributed by atoms with Gasteiger partial charge in [0, 0.05) is 18.0 Å². The number of fused-ring (bicyclic) bond motifs is 2. The van der Waals surface area contributed by atoms with Crippen molar-refractivity contribution in [2.75, 3.05) is 6.61 Å². The smallest absolute Gasteiger partial charge is 0.335 e. The van der Waals surface area contributed by atoms with Gasteiger partial charge in [0.1, 0.15) is 12.4 Å². The van der Waals surface area contributed by atoms with E-state index < -0.39 is 5.97 Å². The topological polar surface area (TPSA) is 81.4 Å². The van der Waals surface area contributed by atoms with Gasteiger partial charge in [-0.25, -0.2) is 4.79 Å². The van der Waals surface area contributed by atoms with Gasteiger partial charge in [-0.05, 0) is 84.7 Å². The Bertz CT molecular complexity index is 1550. The van der Waals surface area contributed by atoms with Gasteiger partial charge in [-0.15, -0.1) is 0 Å². The number of carbonyl (C=O) groups excluding carboxylic acids is 1. The third kappa shape index (κ3) is 4.92. The summed E-state index contributed by atoms with van der Waals surface area (Å²) in [5.41, 5.74) is 6.66. The molecule has 4 aromatic rings. The number of nitrogens with zero attached hydrogens (tertiary/aromatic N) is 2. The first-order valence-corrected chi connectivity index (χ1v) is 12.6. The van der Waals surface area contributed by atoms with Crippen LogP contribution in [0.5, 0.6) is 5.75 Å². The van der Waals surface area contributed by atoms with Gasteiger partial charge in [0.25, 0.3) is 0 Å². The second-order valence-electron chi connectivity index (χ2n) is 9.85. The summed E-state index contributed by atoms with van der Waals surface area (Å²) in [5.74, 6) is -0.152. The zero-order valence-electron chi connectivity index (χ0n) is 21.3. The van der Waals surface area contributed by atoms with E-state index in [-0.39, 0.29) is 11.7 Å². The predicted octanol–water partition coefficient (Wildman–Crippen LogP) is 6.37. The first-order chi connectivity index (χ1) is 17.8. The molecule has 0 bridgehead atoms. The standard InChI is InChI=1S/C31H30N2O4/c1-19-13-26(20(2)7-6-9-21-8-4-5-10-25(21)31(35)36)30-27(14-19)29(34)16-24(18-37-30)22-11-12-28-23(15-22)17-32-33(28)3/h4-5,8,10-17,20H,6-7,9,18H2,1-3H3,(H,35,36). The van der Waals surface area contributed by atoms with E-state index in [0.29, 0.717) is 29.9 Å². The summed E-state index contributed by atoms with van der Waals surface area (Å²) in [6.07, 6.45) is 5.88. The molecule has 6 nitrogen and oxygen atoms in total. The molecule has 1 aromatic heterocycles. The van der Waals surface area contributed by atoms with Crippen molar-refractivity contribution in [1.29, 1.82) is 0 Å². The zero-order valence-corrected chi connectivity index (χ0v) is 21.3. The molecular weight excluding hydrogens is 464 g/mol. The van der Waals surface area contributed by atoms with Gasteiger partial charge in [0.15, 0.2) is 5.78 Å². The highest BCUT2D eigenvalue weighted by Crippen LogP contribution is 2.37. The normalized spacial score (nSPS) is 14.0. The molecule has 1 N–H and O–H groups in total. The monoisotopic (exact) mass is 494 g/mol. The number of rotatable bonds is 7. The van der Waals surface area contributed by atoms with Crippen molar-refractivity contribution in [3.63, 3.8) is 0 Å². The molecule has 188 valence electrons. The Balaban J connectivity index is 1.36. The average Bonchev–Trinajstić information content (AvgIpc) is 3.17. The van der Waals surface area contributed by atoms with E-state index in [4.69, 9.17) is 4.74 Å². The highest BCUT2D eigenvalue weighted by molar-refractivity contribution is 6.11. The maximum atomic E-state index is 13.4. The van der Waals surface area contributed by atoms with Crippen molar-refractivity contribution in [3.05, 3.63) is 100 Å². The van der Waals surface area contributed by atoms with Gasteiger partial charge < -0.3 is 9.84 Å². The first-order valence-electron chi connectivity index (χ1n) is 12.6. The molecule has 3 aromatic carbocycles. The van der Waals surface area contributed by atoms with E-state index in [1.54, 1.807) is 18.2 Å². The van der Waals surface area contributed by atoms with Crippen LogP contribution in [0.25, 0.3) is 16.5 Å². The average molecular weight is 495 g/mol. The number of aromatic nitrogens is 2. The number of allylic oxidation sites excluding steroid dienone is 1. The van der Waals surface area contributed by atoms with Crippen LogP contribution in [-0.2, 0) is 13.5 Å². The zero-order chi connectivity index (χ0) is 26.1. The molecule has 37 heavy (non-hydrogen) atoms. The lowest BCUT2D eigenvalue weighted by atomic mass is 9.89. The second-order valence-corrected chi connectivity index (χ2v) is 9.85. The van der Waals surface area contributed by atoms with Gasteiger partial charge in [-0.1, -0.05) is 37.3 Å². The summed E-state index contributed by atoms with van der Waals surface area (Å²) in [6.45, 7) is 4.44.